The number of ether oxygens (including phenoxy) is 1. The van der Waals surface area contributed by atoms with Crippen molar-refractivity contribution in [3.63, 3.8) is 0 Å². The smallest absolute Gasteiger partial charge is 0.331 e. The van der Waals surface area contributed by atoms with Crippen molar-refractivity contribution in [1.29, 1.82) is 0 Å². The summed E-state index contributed by atoms with van der Waals surface area (Å²) >= 11 is 7.72. The Balaban J connectivity index is 1.58. The molecule has 1 amide bonds. The largest absolute Gasteiger partial charge is 0.452 e. The Bertz CT molecular complexity index is 750. The van der Waals surface area contributed by atoms with Gasteiger partial charge in [-0.3, -0.25) is 4.79 Å². The highest BCUT2D eigenvalue weighted by Gasteiger charge is 2.05. The van der Waals surface area contributed by atoms with Gasteiger partial charge in [0.15, 0.2) is 6.61 Å². The summed E-state index contributed by atoms with van der Waals surface area (Å²) in [6.07, 6.45) is 2.81. The lowest BCUT2D eigenvalue weighted by Gasteiger charge is -2.05. The molecule has 0 bridgehead atoms. The second-order valence-electron chi connectivity index (χ2n) is 5.35. The predicted molar refractivity (Wildman–Crippen MR) is 107 cm³/mol. The first-order valence-electron chi connectivity index (χ1n) is 8.13. The topological polar surface area (TPSA) is 55.4 Å². The quantitative estimate of drug-likeness (QED) is 0.401. The number of esters is 1. The Morgan fingerprint density at radius 2 is 1.81 bits per heavy atom. The first-order valence-corrected chi connectivity index (χ1v) is 9.66. The third-order valence-electron chi connectivity index (χ3n) is 3.33. The second kappa shape index (κ2) is 11.4. The van der Waals surface area contributed by atoms with Gasteiger partial charge < -0.3 is 10.1 Å². The number of carbonyl (C=O) groups excluding carboxylic acids is 2. The number of halogens is 1. The third-order valence-corrected chi connectivity index (χ3v) is 4.70. The highest BCUT2D eigenvalue weighted by Crippen LogP contribution is 2.16. The lowest BCUT2D eigenvalue weighted by atomic mass is 10.2. The molecule has 2 aromatic carbocycles. The molecule has 136 valence electrons. The number of hydrogen-bond donors (Lipinski definition) is 1. The third kappa shape index (κ3) is 7.76. The molecule has 0 spiro atoms. The van der Waals surface area contributed by atoms with Crippen molar-refractivity contribution in [2.45, 2.75) is 5.75 Å². The SMILES string of the molecule is O=C(COC(=O)/C=C/c1ccccc1Cl)NCCSCc1ccccc1. The van der Waals surface area contributed by atoms with Crippen molar-refractivity contribution in [3.05, 3.63) is 76.8 Å². The number of thioether (sulfide) groups is 1. The zero-order chi connectivity index (χ0) is 18.6. The molecule has 26 heavy (non-hydrogen) atoms. The van der Waals surface area contributed by atoms with Crippen molar-refractivity contribution in [2.24, 2.45) is 0 Å². The van der Waals surface area contributed by atoms with Crippen LogP contribution in [-0.4, -0.2) is 30.8 Å². The summed E-state index contributed by atoms with van der Waals surface area (Å²) in [5.41, 5.74) is 1.97. The Labute approximate surface area is 162 Å². The molecule has 0 unspecified atom stereocenters. The van der Waals surface area contributed by atoms with Crippen molar-refractivity contribution in [2.75, 3.05) is 18.9 Å². The maximum absolute atomic E-state index is 11.7. The van der Waals surface area contributed by atoms with Crippen molar-refractivity contribution in [3.8, 4) is 0 Å². The molecule has 0 aromatic heterocycles. The Morgan fingerprint density at radius 1 is 1.08 bits per heavy atom. The van der Waals surface area contributed by atoms with Crippen LogP contribution in [0.5, 0.6) is 0 Å². The fraction of sp³-hybridized carbons (Fsp3) is 0.200. The molecule has 0 saturated carbocycles. The van der Waals surface area contributed by atoms with Gasteiger partial charge in [-0.2, -0.15) is 11.8 Å². The van der Waals surface area contributed by atoms with E-state index in [2.05, 4.69) is 17.4 Å². The standard InChI is InChI=1S/C20H20ClNO3S/c21-18-9-5-4-8-17(18)10-11-20(24)25-14-19(23)22-12-13-26-15-16-6-2-1-3-7-16/h1-11H,12-15H2,(H,22,23)/b11-10+. The van der Waals surface area contributed by atoms with Crippen LogP contribution in [0.2, 0.25) is 5.02 Å². The van der Waals surface area contributed by atoms with Gasteiger partial charge in [-0.1, -0.05) is 60.1 Å². The molecule has 6 heteroatoms. The van der Waals surface area contributed by atoms with Crippen LogP contribution in [-0.2, 0) is 20.1 Å². The molecule has 0 atom stereocenters. The van der Waals surface area contributed by atoms with Crippen LogP contribution < -0.4 is 5.32 Å². The average Bonchev–Trinajstić information content (AvgIpc) is 2.66. The van der Waals surface area contributed by atoms with Gasteiger partial charge in [0.25, 0.3) is 5.91 Å². The first-order chi connectivity index (χ1) is 12.6. The molecule has 0 aliphatic heterocycles. The fourth-order valence-corrected chi connectivity index (χ4v) is 3.05. The number of carbonyl (C=O) groups is 2. The summed E-state index contributed by atoms with van der Waals surface area (Å²) in [7, 11) is 0. The number of amides is 1. The Morgan fingerprint density at radius 3 is 2.58 bits per heavy atom. The summed E-state index contributed by atoms with van der Waals surface area (Å²) in [5.74, 6) is 0.794. The van der Waals surface area contributed by atoms with E-state index in [1.165, 1.54) is 11.6 Å². The van der Waals surface area contributed by atoms with Crippen LogP contribution in [0.15, 0.2) is 60.7 Å². The fourth-order valence-electron chi connectivity index (χ4n) is 2.03. The van der Waals surface area contributed by atoms with E-state index in [1.807, 2.05) is 24.3 Å². The molecule has 0 radical (unpaired) electrons. The normalized spacial score (nSPS) is 10.7. The summed E-state index contributed by atoms with van der Waals surface area (Å²) in [6, 6.07) is 17.3. The number of nitrogens with one attached hydrogen (secondary N) is 1. The number of rotatable bonds is 9. The summed E-state index contributed by atoms with van der Waals surface area (Å²) in [4.78, 5) is 23.3. The van der Waals surface area contributed by atoms with Gasteiger partial charge in [0.2, 0.25) is 0 Å². The Kier molecular flexibility index (Phi) is 8.79. The predicted octanol–water partition coefficient (Wildman–Crippen LogP) is 3.95. The molecule has 2 rings (SSSR count). The van der Waals surface area contributed by atoms with Crippen molar-refractivity contribution in [1.82, 2.24) is 5.32 Å². The van der Waals surface area contributed by atoms with Gasteiger partial charge in [-0.25, -0.2) is 4.79 Å². The molecule has 0 saturated heterocycles. The van der Waals surface area contributed by atoms with E-state index in [9.17, 15) is 9.59 Å². The molecule has 1 N–H and O–H groups in total. The zero-order valence-corrected chi connectivity index (χ0v) is 15.8. The lowest BCUT2D eigenvalue weighted by molar-refractivity contribution is -0.143. The summed E-state index contributed by atoms with van der Waals surface area (Å²) in [6.45, 7) is 0.235. The van der Waals surface area contributed by atoms with E-state index in [0.717, 1.165) is 11.5 Å². The maximum atomic E-state index is 11.7. The molecule has 0 fully saturated rings. The van der Waals surface area contributed by atoms with Crippen LogP contribution in [0, 0.1) is 0 Å². The Hall–Kier alpha value is -2.24. The highest BCUT2D eigenvalue weighted by atomic mass is 35.5. The molecular weight excluding hydrogens is 370 g/mol. The molecule has 2 aromatic rings. The molecule has 0 aliphatic carbocycles. The molecular formula is C20H20ClNO3S. The van der Waals surface area contributed by atoms with E-state index < -0.39 is 5.97 Å². The van der Waals surface area contributed by atoms with Crippen LogP contribution in [0.3, 0.4) is 0 Å². The zero-order valence-electron chi connectivity index (χ0n) is 14.2. The van der Waals surface area contributed by atoms with E-state index in [4.69, 9.17) is 16.3 Å². The van der Waals surface area contributed by atoms with Crippen LogP contribution in [0.4, 0.5) is 0 Å². The minimum absolute atomic E-state index is 0.297. The number of hydrogen-bond acceptors (Lipinski definition) is 4. The van der Waals surface area contributed by atoms with Gasteiger partial charge >= 0.3 is 5.97 Å². The van der Waals surface area contributed by atoms with Crippen LogP contribution in [0.1, 0.15) is 11.1 Å². The lowest BCUT2D eigenvalue weighted by Crippen LogP contribution is -2.30. The van der Waals surface area contributed by atoms with Gasteiger partial charge in [-0.05, 0) is 23.3 Å². The van der Waals surface area contributed by atoms with E-state index >= 15 is 0 Å². The van der Waals surface area contributed by atoms with E-state index in [1.54, 1.807) is 36.0 Å². The van der Waals surface area contributed by atoms with Gasteiger partial charge in [0, 0.05) is 29.1 Å². The van der Waals surface area contributed by atoms with Crippen molar-refractivity contribution < 1.29 is 14.3 Å². The van der Waals surface area contributed by atoms with Crippen molar-refractivity contribution >= 4 is 41.3 Å². The summed E-state index contributed by atoms with van der Waals surface area (Å²) in [5, 5.41) is 3.27. The van der Waals surface area contributed by atoms with Gasteiger partial charge in [0.1, 0.15) is 0 Å². The van der Waals surface area contributed by atoms with E-state index in [0.29, 0.717) is 17.1 Å². The highest BCUT2D eigenvalue weighted by molar-refractivity contribution is 7.98. The monoisotopic (exact) mass is 389 g/mol. The van der Waals surface area contributed by atoms with Crippen LogP contribution in [0.25, 0.3) is 6.08 Å². The maximum Gasteiger partial charge on any atom is 0.331 e. The minimum atomic E-state index is -0.585. The molecule has 0 aliphatic rings. The van der Waals surface area contributed by atoms with E-state index in [-0.39, 0.29) is 12.5 Å². The molecule has 4 nitrogen and oxygen atoms in total. The summed E-state index contributed by atoms with van der Waals surface area (Å²) < 4.78 is 4.90. The second-order valence-corrected chi connectivity index (χ2v) is 6.86. The van der Waals surface area contributed by atoms with Crippen LogP contribution >= 0.6 is 23.4 Å². The average molecular weight is 390 g/mol. The number of benzene rings is 2. The minimum Gasteiger partial charge on any atom is -0.452 e. The van der Waals surface area contributed by atoms with Gasteiger partial charge in [0.05, 0.1) is 0 Å². The molecule has 0 heterocycles. The first kappa shape index (κ1) is 20.1. The van der Waals surface area contributed by atoms with Gasteiger partial charge in [-0.15, -0.1) is 0 Å².